The van der Waals surface area contributed by atoms with Crippen LogP contribution in [0.3, 0.4) is 0 Å². The second-order valence-corrected chi connectivity index (χ2v) is 8.51. The summed E-state index contributed by atoms with van der Waals surface area (Å²) in [6.07, 6.45) is 2.32. The Morgan fingerprint density at radius 2 is 1.80 bits per heavy atom. The molecule has 4 nitrogen and oxygen atoms in total. The summed E-state index contributed by atoms with van der Waals surface area (Å²) in [6.45, 7) is 3.93. The van der Waals surface area contributed by atoms with Crippen LogP contribution in [0.15, 0.2) is 47.4 Å². The van der Waals surface area contributed by atoms with E-state index in [1.54, 1.807) is 14.0 Å². The fraction of sp³-hybridized carbons (Fsp3) is 0.368. The molecule has 0 N–H and O–H groups in total. The van der Waals surface area contributed by atoms with E-state index in [0.717, 1.165) is 43.2 Å². The van der Waals surface area contributed by atoms with E-state index < -0.39 is 15.8 Å². The largest absolute Gasteiger partial charge is 0.371 e. The van der Waals surface area contributed by atoms with Gasteiger partial charge >= 0.3 is 0 Å². The van der Waals surface area contributed by atoms with Gasteiger partial charge in [-0.15, -0.1) is 0 Å². The number of sulfonamides is 1. The molecule has 1 aliphatic rings. The van der Waals surface area contributed by atoms with E-state index >= 15 is 0 Å². The minimum Gasteiger partial charge on any atom is -0.371 e. The van der Waals surface area contributed by atoms with Crippen molar-refractivity contribution >= 4 is 15.7 Å². The Balaban J connectivity index is 1.89. The fourth-order valence-electron chi connectivity index (χ4n) is 3.26. The molecule has 0 radical (unpaired) electrons. The van der Waals surface area contributed by atoms with Gasteiger partial charge in [0.15, 0.2) is 0 Å². The van der Waals surface area contributed by atoms with Gasteiger partial charge in [0.25, 0.3) is 0 Å². The maximum absolute atomic E-state index is 13.5. The molecule has 0 amide bonds. The van der Waals surface area contributed by atoms with Gasteiger partial charge in [-0.25, -0.2) is 12.8 Å². The van der Waals surface area contributed by atoms with Crippen molar-refractivity contribution in [2.75, 3.05) is 25.0 Å². The Morgan fingerprint density at radius 3 is 2.52 bits per heavy atom. The van der Waals surface area contributed by atoms with Crippen molar-refractivity contribution in [2.45, 2.75) is 31.2 Å². The lowest BCUT2D eigenvalue weighted by molar-refractivity contribution is 0.465. The molecule has 2 aromatic rings. The van der Waals surface area contributed by atoms with E-state index in [2.05, 4.69) is 4.90 Å². The molecule has 0 bridgehead atoms. The standard InChI is InChI=1S/C19H23FN2O2S/c1-15-9-10-17(20)13-19(15)25(23,24)21(2)14-16-7-3-4-8-18(16)22-11-5-6-12-22/h3-4,7-10,13H,5-6,11-12,14H2,1-2H3. The molecule has 0 atom stereocenters. The minimum absolute atomic E-state index is 0.0219. The fourth-order valence-corrected chi connectivity index (χ4v) is 4.64. The molecule has 25 heavy (non-hydrogen) atoms. The van der Waals surface area contributed by atoms with Crippen molar-refractivity contribution in [3.05, 3.63) is 59.4 Å². The minimum atomic E-state index is -3.76. The molecular weight excluding hydrogens is 339 g/mol. The quantitative estimate of drug-likeness (QED) is 0.817. The van der Waals surface area contributed by atoms with Crippen molar-refractivity contribution in [2.24, 2.45) is 0 Å². The summed E-state index contributed by atoms with van der Waals surface area (Å²) in [6, 6.07) is 11.7. The summed E-state index contributed by atoms with van der Waals surface area (Å²) in [5.41, 5.74) is 2.59. The molecule has 1 aliphatic heterocycles. The Labute approximate surface area is 148 Å². The van der Waals surface area contributed by atoms with E-state index in [-0.39, 0.29) is 11.4 Å². The first-order valence-electron chi connectivity index (χ1n) is 8.45. The average molecular weight is 362 g/mol. The number of hydrogen-bond acceptors (Lipinski definition) is 3. The number of rotatable bonds is 5. The lowest BCUT2D eigenvalue weighted by Crippen LogP contribution is -2.28. The van der Waals surface area contributed by atoms with E-state index in [1.807, 2.05) is 24.3 Å². The average Bonchev–Trinajstić information content (AvgIpc) is 3.11. The van der Waals surface area contributed by atoms with Crippen LogP contribution < -0.4 is 4.90 Å². The number of anilines is 1. The summed E-state index contributed by atoms with van der Waals surface area (Å²) in [5, 5.41) is 0. The highest BCUT2D eigenvalue weighted by molar-refractivity contribution is 7.89. The predicted octanol–water partition coefficient (Wildman–Crippen LogP) is 3.56. The lowest BCUT2D eigenvalue weighted by Gasteiger charge is -2.24. The number of benzene rings is 2. The summed E-state index contributed by atoms with van der Waals surface area (Å²) >= 11 is 0. The predicted molar refractivity (Wildman–Crippen MR) is 97.7 cm³/mol. The van der Waals surface area contributed by atoms with Crippen LogP contribution in [0.2, 0.25) is 0 Å². The second kappa shape index (κ2) is 7.14. The third kappa shape index (κ3) is 3.70. The molecule has 0 aliphatic carbocycles. The smallest absolute Gasteiger partial charge is 0.243 e. The Hall–Kier alpha value is -1.92. The molecular formula is C19H23FN2O2S. The topological polar surface area (TPSA) is 40.6 Å². The van der Waals surface area contributed by atoms with Crippen molar-refractivity contribution < 1.29 is 12.8 Å². The first-order chi connectivity index (χ1) is 11.9. The molecule has 3 rings (SSSR count). The molecule has 0 spiro atoms. The van der Waals surface area contributed by atoms with Gasteiger partial charge in [-0.2, -0.15) is 4.31 Å². The normalized spacial score (nSPS) is 15.1. The van der Waals surface area contributed by atoms with Gasteiger partial charge in [-0.3, -0.25) is 0 Å². The highest BCUT2D eigenvalue weighted by atomic mass is 32.2. The zero-order valence-electron chi connectivity index (χ0n) is 14.6. The molecule has 0 unspecified atom stereocenters. The summed E-state index contributed by atoms with van der Waals surface area (Å²) in [5.74, 6) is -0.546. The molecule has 1 fully saturated rings. The first kappa shape index (κ1) is 17.9. The van der Waals surface area contributed by atoms with Crippen LogP contribution in [0, 0.1) is 12.7 Å². The number of hydrogen-bond donors (Lipinski definition) is 0. The van der Waals surface area contributed by atoms with E-state index in [9.17, 15) is 12.8 Å². The first-order valence-corrected chi connectivity index (χ1v) is 9.89. The molecule has 2 aromatic carbocycles. The maximum atomic E-state index is 13.5. The summed E-state index contributed by atoms with van der Waals surface area (Å²) in [7, 11) is -2.21. The number of nitrogens with zero attached hydrogens (tertiary/aromatic N) is 2. The highest BCUT2D eigenvalue weighted by Crippen LogP contribution is 2.27. The Bertz CT molecular complexity index is 861. The third-order valence-electron chi connectivity index (χ3n) is 4.67. The third-order valence-corrected chi connectivity index (χ3v) is 6.62. The molecule has 1 saturated heterocycles. The lowest BCUT2D eigenvalue weighted by atomic mass is 10.1. The molecule has 0 saturated carbocycles. The van der Waals surface area contributed by atoms with Gasteiger partial charge in [0.1, 0.15) is 5.82 Å². The zero-order valence-corrected chi connectivity index (χ0v) is 15.4. The molecule has 0 aromatic heterocycles. The van der Waals surface area contributed by atoms with Crippen molar-refractivity contribution in [3.8, 4) is 0 Å². The summed E-state index contributed by atoms with van der Waals surface area (Å²) < 4.78 is 40.6. The van der Waals surface area contributed by atoms with Gasteiger partial charge in [0, 0.05) is 32.4 Å². The van der Waals surface area contributed by atoms with Gasteiger partial charge in [-0.05, 0) is 49.1 Å². The molecule has 134 valence electrons. The van der Waals surface area contributed by atoms with E-state index in [4.69, 9.17) is 0 Å². The van der Waals surface area contributed by atoms with Gasteiger partial charge in [0.05, 0.1) is 4.90 Å². The van der Waals surface area contributed by atoms with Gasteiger partial charge < -0.3 is 4.90 Å². The van der Waals surface area contributed by atoms with Crippen LogP contribution in [0.25, 0.3) is 0 Å². The van der Waals surface area contributed by atoms with E-state index in [0.29, 0.717) is 5.56 Å². The monoisotopic (exact) mass is 362 g/mol. The van der Waals surface area contributed by atoms with Crippen LogP contribution in [0.5, 0.6) is 0 Å². The van der Waals surface area contributed by atoms with Crippen molar-refractivity contribution in [1.29, 1.82) is 0 Å². The zero-order chi connectivity index (χ0) is 18.0. The second-order valence-electron chi connectivity index (χ2n) is 6.49. The van der Waals surface area contributed by atoms with Gasteiger partial charge in [-0.1, -0.05) is 24.3 Å². The van der Waals surface area contributed by atoms with Crippen LogP contribution in [-0.2, 0) is 16.6 Å². The molecule has 1 heterocycles. The van der Waals surface area contributed by atoms with Crippen molar-refractivity contribution in [1.82, 2.24) is 4.31 Å². The number of aryl methyl sites for hydroxylation is 1. The molecule has 6 heteroatoms. The van der Waals surface area contributed by atoms with Crippen LogP contribution in [-0.4, -0.2) is 32.9 Å². The Morgan fingerprint density at radius 1 is 1.12 bits per heavy atom. The number of halogens is 1. The maximum Gasteiger partial charge on any atom is 0.243 e. The van der Waals surface area contributed by atoms with Crippen molar-refractivity contribution in [3.63, 3.8) is 0 Å². The highest BCUT2D eigenvalue weighted by Gasteiger charge is 2.25. The van der Waals surface area contributed by atoms with Crippen LogP contribution in [0.1, 0.15) is 24.0 Å². The van der Waals surface area contributed by atoms with Gasteiger partial charge in [0.2, 0.25) is 10.0 Å². The number of para-hydroxylation sites is 1. The van der Waals surface area contributed by atoms with E-state index in [1.165, 1.54) is 16.4 Å². The van der Waals surface area contributed by atoms with Crippen LogP contribution >= 0.6 is 0 Å². The SMILES string of the molecule is Cc1ccc(F)cc1S(=O)(=O)N(C)Cc1ccccc1N1CCCC1. The summed E-state index contributed by atoms with van der Waals surface area (Å²) in [4.78, 5) is 2.32. The van der Waals surface area contributed by atoms with Crippen LogP contribution in [0.4, 0.5) is 10.1 Å². The Kier molecular flexibility index (Phi) is 5.11.